The van der Waals surface area contributed by atoms with Crippen molar-refractivity contribution < 1.29 is 48.3 Å². The molecule has 0 amide bonds. The average molecular weight is 744 g/mol. The van der Waals surface area contributed by atoms with Crippen molar-refractivity contribution in [2.45, 2.75) is 58.3 Å². The van der Waals surface area contributed by atoms with Gasteiger partial charge in [0.2, 0.25) is 5.69 Å². The quantitative estimate of drug-likeness (QED) is 0.0662. The predicted molar refractivity (Wildman–Crippen MR) is 170 cm³/mol. The summed E-state index contributed by atoms with van der Waals surface area (Å²) in [6.45, 7) is 9.88. The Morgan fingerprint density at radius 2 is 1.67 bits per heavy atom. The van der Waals surface area contributed by atoms with Crippen LogP contribution in [0.15, 0.2) is 42.2 Å². The van der Waals surface area contributed by atoms with Gasteiger partial charge in [-0.1, -0.05) is 29.3 Å². The number of unbranched alkanes of at least 4 members (excludes halogenated alkanes) is 1. The Balaban J connectivity index is 1.88. The van der Waals surface area contributed by atoms with Gasteiger partial charge in [0, 0.05) is 36.3 Å². The van der Waals surface area contributed by atoms with Gasteiger partial charge in [-0.15, -0.1) is 0 Å². The Bertz CT molecular complexity index is 1920. The largest absolute Gasteiger partial charge is 0.418 e. The Kier molecular flexibility index (Phi) is 11.0. The molecule has 0 saturated carbocycles. The van der Waals surface area contributed by atoms with Gasteiger partial charge in [0.05, 0.1) is 40.8 Å². The van der Waals surface area contributed by atoms with Crippen molar-refractivity contribution in [2.24, 2.45) is 0 Å². The van der Waals surface area contributed by atoms with Crippen molar-refractivity contribution >= 4 is 67.5 Å². The molecule has 0 fully saturated rings. The van der Waals surface area contributed by atoms with Gasteiger partial charge in [0.15, 0.2) is 17.6 Å². The summed E-state index contributed by atoms with van der Waals surface area (Å²) in [7, 11) is -4.21. The lowest BCUT2D eigenvalue weighted by molar-refractivity contribution is -0.694. The zero-order chi connectivity index (χ0) is 35.8. The van der Waals surface area contributed by atoms with E-state index >= 15 is 0 Å². The highest BCUT2D eigenvalue weighted by molar-refractivity contribution is 7.85. The number of imidazole rings is 1. The highest BCUT2D eigenvalue weighted by Gasteiger charge is 2.45. The van der Waals surface area contributed by atoms with E-state index in [1.54, 1.807) is 30.0 Å². The standard InChI is InChI=1S/C30H28Cl2F7N5O3S/c1-4-41-24-15-20(32)21(40-3)16-25(24)43(11-6-7-12-48(45,46)47)26(41)9-8-10-27-42(5-2)23-14-19(31)18(30(37,38)39)13-22(23)44(27)17-29(35,36)28(33)34/h8-10,13-16,28H,4-7,11-12,17H2,1-2H3/p+1. The fourth-order valence-electron chi connectivity index (χ4n) is 5.52. The van der Waals surface area contributed by atoms with E-state index in [0.29, 0.717) is 34.4 Å². The fraction of sp³-hybridized carbons (Fsp3) is 0.400. The molecule has 260 valence electrons. The molecule has 1 aliphatic heterocycles. The van der Waals surface area contributed by atoms with E-state index in [-0.39, 0.29) is 53.5 Å². The molecule has 8 nitrogen and oxygen atoms in total. The third kappa shape index (κ3) is 7.69. The number of fused-ring (bicyclic) bond motifs is 2. The van der Waals surface area contributed by atoms with Crippen LogP contribution in [0.3, 0.4) is 0 Å². The van der Waals surface area contributed by atoms with Gasteiger partial charge in [-0.25, -0.2) is 22.8 Å². The second-order valence-electron chi connectivity index (χ2n) is 10.7. The summed E-state index contributed by atoms with van der Waals surface area (Å²) in [4.78, 5) is 7.01. The monoisotopic (exact) mass is 742 g/mol. The predicted octanol–water partition coefficient (Wildman–Crippen LogP) is 8.59. The molecule has 0 bridgehead atoms. The first-order chi connectivity index (χ1) is 22.3. The van der Waals surface area contributed by atoms with Crippen LogP contribution in [0.5, 0.6) is 0 Å². The Morgan fingerprint density at radius 1 is 1.00 bits per heavy atom. The van der Waals surface area contributed by atoms with Crippen molar-refractivity contribution in [1.82, 2.24) is 4.57 Å². The van der Waals surface area contributed by atoms with Crippen molar-refractivity contribution in [1.29, 1.82) is 0 Å². The van der Waals surface area contributed by atoms with Crippen LogP contribution < -0.4 is 14.4 Å². The summed E-state index contributed by atoms with van der Waals surface area (Å²) in [6.07, 6.45) is -4.41. The summed E-state index contributed by atoms with van der Waals surface area (Å²) in [6, 6.07) is 4.65. The lowest BCUT2D eigenvalue weighted by Gasteiger charge is -2.24. The molecule has 0 radical (unpaired) electrons. The first-order valence-corrected chi connectivity index (χ1v) is 16.8. The number of halogens is 9. The van der Waals surface area contributed by atoms with Gasteiger partial charge in [-0.2, -0.15) is 30.4 Å². The number of nitrogens with zero attached hydrogens (tertiary/aromatic N) is 5. The maximum Gasteiger partial charge on any atom is 0.418 e. The summed E-state index contributed by atoms with van der Waals surface area (Å²) >= 11 is 12.2. The second-order valence-corrected chi connectivity index (χ2v) is 13.1. The third-order valence-electron chi connectivity index (χ3n) is 7.65. The molecule has 0 atom stereocenters. The van der Waals surface area contributed by atoms with Gasteiger partial charge < -0.3 is 9.80 Å². The fourth-order valence-corrected chi connectivity index (χ4v) is 6.56. The maximum atomic E-state index is 14.5. The number of anilines is 2. The Labute approximate surface area is 281 Å². The smallest absolute Gasteiger partial charge is 0.327 e. The normalized spacial score (nSPS) is 15.0. The molecule has 0 aliphatic carbocycles. The second kappa shape index (κ2) is 14.1. The zero-order valence-electron chi connectivity index (χ0n) is 25.4. The molecule has 4 rings (SSSR count). The Morgan fingerprint density at radius 3 is 2.23 bits per heavy atom. The molecule has 1 aromatic heterocycles. The molecule has 48 heavy (non-hydrogen) atoms. The molecule has 0 spiro atoms. The number of hydrogen-bond acceptors (Lipinski definition) is 4. The molecule has 0 unspecified atom stereocenters. The van der Waals surface area contributed by atoms with Crippen LogP contribution in [0.25, 0.3) is 22.0 Å². The minimum absolute atomic E-state index is 0.0121. The summed E-state index contributed by atoms with van der Waals surface area (Å²) in [5, 5.41) is -0.521. The lowest BCUT2D eigenvalue weighted by atomic mass is 10.2. The van der Waals surface area contributed by atoms with Crippen LogP contribution in [0.2, 0.25) is 10.0 Å². The van der Waals surface area contributed by atoms with Crippen LogP contribution in [-0.4, -0.2) is 48.7 Å². The van der Waals surface area contributed by atoms with Crippen LogP contribution in [0, 0.1) is 6.57 Å². The summed E-state index contributed by atoms with van der Waals surface area (Å²) in [5.74, 6) is -4.71. The molecule has 0 saturated heterocycles. The van der Waals surface area contributed by atoms with E-state index in [9.17, 15) is 39.2 Å². The van der Waals surface area contributed by atoms with Crippen LogP contribution in [0.1, 0.15) is 38.1 Å². The van der Waals surface area contributed by atoms with E-state index in [4.69, 9.17) is 34.3 Å². The van der Waals surface area contributed by atoms with Crippen molar-refractivity contribution in [3.8, 4) is 0 Å². The minimum Gasteiger partial charge on any atom is -0.327 e. The number of aromatic nitrogens is 2. The van der Waals surface area contributed by atoms with E-state index in [1.165, 1.54) is 16.7 Å². The third-order valence-corrected chi connectivity index (χ3v) is 9.07. The van der Waals surface area contributed by atoms with Crippen molar-refractivity contribution in [3.05, 3.63) is 75.1 Å². The molecule has 2 heterocycles. The van der Waals surface area contributed by atoms with Gasteiger partial charge in [0.25, 0.3) is 15.9 Å². The average Bonchev–Trinajstić information content (AvgIpc) is 3.42. The SMILES string of the molecule is [C-]#[N+]c1cc2c(cc1Cl)N(CC)C(=CC=Cc1n(CC)c3cc(Cl)c(C(F)(F)F)cc3[n+]1CC(F)(F)C(F)F)N2CCCCS(=O)(=O)O. The van der Waals surface area contributed by atoms with E-state index in [1.807, 2.05) is 11.8 Å². The number of alkyl halides is 7. The van der Waals surface area contributed by atoms with Gasteiger partial charge in [-0.05, 0) is 44.9 Å². The first-order valence-electron chi connectivity index (χ1n) is 14.4. The maximum absolute atomic E-state index is 14.5. The molecular formula is C30H29Cl2F7N5O3S+. The number of hydrogen-bond donors (Lipinski definition) is 1. The number of allylic oxidation sites excluding steroid dienone is 2. The molecule has 2 aromatic carbocycles. The molecule has 1 N–H and O–H groups in total. The van der Waals surface area contributed by atoms with Gasteiger partial charge in [0.1, 0.15) is 5.82 Å². The van der Waals surface area contributed by atoms with Crippen molar-refractivity contribution in [3.63, 3.8) is 0 Å². The van der Waals surface area contributed by atoms with E-state index < -0.39 is 51.5 Å². The lowest BCUT2D eigenvalue weighted by Crippen LogP contribution is -2.48. The van der Waals surface area contributed by atoms with Crippen LogP contribution in [0.4, 0.5) is 47.8 Å². The Hall–Kier alpha value is -3.52. The topological polar surface area (TPSA) is 74.0 Å². The summed E-state index contributed by atoms with van der Waals surface area (Å²) < 4.78 is 131. The molecule has 1 aliphatic rings. The highest BCUT2D eigenvalue weighted by Crippen LogP contribution is 2.47. The number of aryl methyl sites for hydroxylation is 1. The van der Waals surface area contributed by atoms with Gasteiger partial charge >= 0.3 is 18.5 Å². The molecule has 3 aromatic rings. The molecule has 18 heteroatoms. The molecular weight excluding hydrogens is 714 g/mol. The highest BCUT2D eigenvalue weighted by atomic mass is 35.5. The zero-order valence-corrected chi connectivity index (χ0v) is 27.7. The van der Waals surface area contributed by atoms with Crippen molar-refractivity contribution in [2.75, 3.05) is 28.6 Å². The van der Waals surface area contributed by atoms with Crippen LogP contribution in [-0.2, 0) is 29.4 Å². The van der Waals surface area contributed by atoms with E-state index in [2.05, 4.69) is 4.85 Å². The van der Waals surface area contributed by atoms with Gasteiger partial charge in [-0.3, -0.25) is 4.55 Å². The minimum atomic E-state index is -4.95. The summed E-state index contributed by atoms with van der Waals surface area (Å²) in [5.41, 5.74) is -0.377. The van der Waals surface area contributed by atoms with Crippen LogP contribution >= 0.6 is 23.2 Å². The number of rotatable bonds is 12. The van der Waals surface area contributed by atoms with E-state index in [0.717, 1.165) is 6.07 Å². The number of benzene rings is 2. The first kappa shape index (κ1) is 37.3.